The van der Waals surface area contributed by atoms with Gasteiger partial charge in [-0.2, -0.15) is 0 Å². The molecule has 1 aliphatic heterocycles. The van der Waals surface area contributed by atoms with Crippen LogP contribution in [0.2, 0.25) is 0 Å². The molecule has 1 rings (SSSR count). The summed E-state index contributed by atoms with van der Waals surface area (Å²) < 4.78 is 0. The number of hydrogen-bond acceptors (Lipinski definition) is 2. The first-order chi connectivity index (χ1) is 7.19. The third kappa shape index (κ3) is 3.52. The Labute approximate surface area is 94.4 Å². The van der Waals surface area contributed by atoms with Gasteiger partial charge in [-0.25, -0.2) is 0 Å². The second-order valence-electron chi connectivity index (χ2n) is 4.70. The fraction of sp³-hybridized carbons (Fsp3) is 0.846. The van der Waals surface area contributed by atoms with Crippen molar-refractivity contribution in [3.63, 3.8) is 0 Å². The summed E-state index contributed by atoms with van der Waals surface area (Å²) in [5, 5.41) is 3.60. The molecule has 1 heterocycles. The van der Waals surface area contributed by atoms with Crippen LogP contribution in [0.15, 0.2) is 0 Å². The van der Waals surface area contributed by atoms with Crippen molar-refractivity contribution in [3.8, 4) is 12.3 Å². The van der Waals surface area contributed by atoms with Crippen LogP contribution in [-0.4, -0.2) is 36.1 Å². The SMILES string of the molecule is C#CCC(C)N1CC(CCC)NCC1C. The van der Waals surface area contributed by atoms with Gasteiger partial charge < -0.3 is 5.32 Å². The number of terminal acetylenes is 1. The first-order valence-electron chi connectivity index (χ1n) is 6.11. The maximum atomic E-state index is 5.38. The van der Waals surface area contributed by atoms with Crippen LogP contribution >= 0.6 is 0 Å². The minimum atomic E-state index is 0.520. The molecule has 0 bridgehead atoms. The molecule has 2 heteroatoms. The minimum Gasteiger partial charge on any atom is -0.311 e. The summed E-state index contributed by atoms with van der Waals surface area (Å²) in [4.78, 5) is 2.55. The van der Waals surface area contributed by atoms with Crippen molar-refractivity contribution in [3.05, 3.63) is 0 Å². The molecule has 0 aliphatic carbocycles. The van der Waals surface area contributed by atoms with E-state index in [-0.39, 0.29) is 0 Å². The average Bonchev–Trinajstić information content (AvgIpc) is 2.21. The van der Waals surface area contributed by atoms with Crippen molar-refractivity contribution in [2.45, 2.75) is 58.2 Å². The lowest BCUT2D eigenvalue weighted by Gasteiger charge is -2.42. The van der Waals surface area contributed by atoms with Crippen LogP contribution in [0, 0.1) is 12.3 Å². The van der Waals surface area contributed by atoms with Crippen LogP contribution in [0.3, 0.4) is 0 Å². The number of piperazine rings is 1. The van der Waals surface area contributed by atoms with Crippen LogP contribution in [-0.2, 0) is 0 Å². The molecule has 2 nitrogen and oxygen atoms in total. The van der Waals surface area contributed by atoms with Crippen molar-refractivity contribution in [2.75, 3.05) is 13.1 Å². The van der Waals surface area contributed by atoms with Gasteiger partial charge in [0, 0.05) is 37.6 Å². The van der Waals surface area contributed by atoms with Crippen LogP contribution in [0.5, 0.6) is 0 Å². The molecule has 0 saturated carbocycles. The number of nitrogens with zero attached hydrogens (tertiary/aromatic N) is 1. The Kier molecular flexibility index (Phi) is 5.14. The molecule has 1 saturated heterocycles. The first kappa shape index (κ1) is 12.5. The number of nitrogens with one attached hydrogen (secondary N) is 1. The lowest BCUT2D eigenvalue weighted by molar-refractivity contribution is 0.0980. The molecule has 1 N–H and O–H groups in total. The van der Waals surface area contributed by atoms with Crippen LogP contribution in [0.4, 0.5) is 0 Å². The summed E-state index contributed by atoms with van der Waals surface area (Å²) in [6.45, 7) is 9.01. The molecule has 0 aromatic heterocycles. The highest BCUT2D eigenvalue weighted by molar-refractivity contribution is 4.93. The molecular formula is C13H24N2. The van der Waals surface area contributed by atoms with E-state index in [2.05, 4.69) is 36.9 Å². The number of rotatable bonds is 4. The zero-order chi connectivity index (χ0) is 11.3. The minimum absolute atomic E-state index is 0.520. The largest absolute Gasteiger partial charge is 0.311 e. The third-order valence-corrected chi connectivity index (χ3v) is 3.32. The van der Waals surface area contributed by atoms with Crippen LogP contribution < -0.4 is 5.32 Å². The van der Waals surface area contributed by atoms with Gasteiger partial charge in [0.25, 0.3) is 0 Å². The Balaban J connectivity index is 2.49. The Bertz CT molecular complexity index is 219. The van der Waals surface area contributed by atoms with Gasteiger partial charge in [-0.15, -0.1) is 12.3 Å². The Morgan fingerprint density at radius 3 is 2.93 bits per heavy atom. The van der Waals surface area contributed by atoms with Gasteiger partial charge >= 0.3 is 0 Å². The van der Waals surface area contributed by atoms with Gasteiger partial charge in [0.15, 0.2) is 0 Å². The summed E-state index contributed by atoms with van der Waals surface area (Å²) >= 11 is 0. The molecule has 0 amide bonds. The van der Waals surface area contributed by atoms with E-state index in [9.17, 15) is 0 Å². The molecule has 3 unspecified atom stereocenters. The van der Waals surface area contributed by atoms with Crippen molar-refractivity contribution >= 4 is 0 Å². The summed E-state index contributed by atoms with van der Waals surface area (Å²) in [6.07, 6.45) is 8.77. The zero-order valence-electron chi connectivity index (χ0n) is 10.3. The summed E-state index contributed by atoms with van der Waals surface area (Å²) in [5.74, 6) is 2.77. The zero-order valence-corrected chi connectivity index (χ0v) is 10.3. The highest BCUT2D eigenvalue weighted by atomic mass is 15.2. The fourth-order valence-electron chi connectivity index (χ4n) is 2.40. The van der Waals surface area contributed by atoms with Crippen molar-refractivity contribution in [1.82, 2.24) is 10.2 Å². The molecule has 3 atom stereocenters. The van der Waals surface area contributed by atoms with E-state index in [0.717, 1.165) is 19.5 Å². The highest BCUT2D eigenvalue weighted by Gasteiger charge is 2.27. The van der Waals surface area contributed by atoms with Gasteiger partial charge in [0.2, 0.25) is 0 Å². The van der Waals surface area contributed by atoms with Gasteiger partial charge in [0.1, 0.15) is 0 Å². The van der Waals surface area contributed by atoms with E-state index in [1.807, 2.05) is 0 Å². The predicted molar refractivity (Wildman–Crippen MR) is 65.8 cm³/mol. The molecule has 0 aromatic carbocycles. The quantitative estimate of drug-likeness (QED) is 0.709. The van der Waals surface area contributed by atoms with Crippen molar-refractivity contribution in [1.29, 1.82) is 0 Å². The van der Waals surface area contributed by atoms with Crippen molar-refractivity contribution < 1.29 is 0 Å². The Morgan fingerprint density at radius 2 is 2.33 bits per heavy atom. The lowest BCUT2D eigenvalue weighted by atomic mass is 10.0. The second-order valence-corrected chi connectivity index (χ2v) is 4.70. The molecule has 86 valence electrons. The smallest absolute Gasteiger partial charge is 0.0240 e. The van der Waals surface area contributed by atoms with E-state index in [0.29, 0.717) is 18.1 Å². The lowest BCUT2D eigenvalue weighted by Crippen LogP contribution is -2.57. The summed E-state index contributed by atoms with van der Waals surface area (Å²) in [5.41, 5.74) is 0. The first-order valence-corrected chi connectivity index (χ1v) is 6.11. The van der Waals surface area contributed by atoms with E-state index in [1.54, 1.807) is 0 Å². The average molecular weight is 208 g/mol. The molecule has 1 fully saturated rings. The standard InChI is InChI=1S/C13H24N2/c1-5-7-11(3)15-10-13(8-6-2)14-9-12(15)4/h1,11-14H,6-10H2,2-4H3. The topological polar surface area (TPSA) is 15.3 Å². The van der Waals surface area contributed by atoms with E-state index < -0.39 is 0 Å². The van der Waals surface area contributed by atoms with Gasteiger partial charge in [0.05, 0.1) is 0 Å². The van der Waals surface area contributed by atoms with E-state index in [1.165, 1.54) is 12.8 Å². The van der Waals surface area contributed by atoms with Gasteiger partial charge in [-0.05, 0) is 20.3 Å². The highest BCUT2D eigenvalue weighted by Crippen LogP contribution is 2.15. The van der Waals surface area contributed by atoms with Gasteiger partial charge in [-0.1, -0.05) is 13.3 Å². The normalized spacial score (nSPS) is 29.7. The van der Waals surface area contributed by atoms with Crippen LogP contribution in [0.1, 0.15) is 40.0 Å². The molecule has 0 spiro atoms. The Hall–Kier alpha value is -0.520. The molecule has 1 aliphatic rings. The van der Waals surface area contributed by atoms with Gasteiger partial charge in [-0.3, -0.25) is 4.90 Å². The second kappa shape index (κ2) is 6.15. The Morgan fingerprint density at radius 1 is 1.60 bits per heavy atom. The monoisotopic (exact) mass is 208 g/mol. The fourth-order valence-corrected chi connectivity index (χ4v) is 2.40. The van der Waals surface area contributed by atoms with Crippen molar-refractivity contribution in [2.24, 2.45) is 0 Å². The third-order valence-electron chi connectivity index (χ3n) is 3.32. The predicted octanol–water partition coefficient (Wildman–Crippen LogP) is 1.86. The maximum absolute atomic E-state index is 5.38. The van der Waals surface area contributed by atoms with E-state index in [4.69, 9.17) is 6.42 Å². The summed E-state index contributed by atoms with van der Waals surface area (Å²) in [6, 6.07) is 1.79. The van der Waals surface area contributed by atoms with Crippen LogP contribution in [0.25, 0.3) is 0 Å². The molecule has 0 radical (unpaired) electrons. The molecule has 15 heavy (non-hydrogen) atoms. The molecular weight excluding hydrogens is 184 g/mol. The summed E-state index contributed by atoms with van der Waals surface area (Å²) in [7, 11) is 0. The van der Waals surface area contributed by atoms with E-state index >= 15 is 0 Å². The number of hydrogen-bond donors (Lipinski definition) is 1. The maximum Gasteiger partial charge on any atom is 0.0240 e. The molecule has 0 aromatic rings.